The predicted octanol–water partition coefficient (Wildman–Crippen LogP) is 2.65. The van der Waals surface area contributed by atoms with Crippen molar-refractivity contribution in [2.24, 2.45) is 0 Å². The minimum Gasteiger partial charge on any atom is -0.383 e. The second-order valence-electron chi connectivity index (χ2n) is 5.53. The quantitative estimate of drug-likeness (QED) is 0.752. The van der Waals surface area contributed by atoms with E-state index in [0.29, 0.717) is 0 Å². The van der Waals surface area contributed by atoms with Crippen LogP contribution in [-0.4, -0.2) is 29.3 Å². The molecule has 0 heterocycles. The molecule has 0 aliphatic carbocycles. The summed E-state index contributed by atoms with van der Waals surface area (Å²) in [5.74, 6) is 0.488. The normalized spacial score (nSPS) is 12.0. The highest BCUT2D eigenvalue weighted by Gasteiger charge is 2.11. The van der Waals surface area contributed by atoms with Crippen LogP contribution in [0.5, 0.6) is 11.5 Å². The molecule has 0 spiro atoms. The first kappa shape index (κ1) is 18.3. The van der Waals surface area contributed by atoms with Crippen molar-refractivity contribution < 1.29 is 25.2 Å². The smallest absolute Gasteiger partial charge is 0.306 e. The zero-order valence-corrected chi connectivity index (χ0v) is 15.4. The van der Waals surface area contributed by atoms with Crippen LogP contribution >= 0.6 is 0 Å². The molecule has 6 nitrogen and oxygen atoms in total. The lowest BCUT2D eigenvalue weighted by Crippen LogP contribution is -2.06. The average Bonchev–Trinajstić information content (AvgIpc) is 2.36. The van der Waals surface area contributed by atoms with Gasteiger partial charge in [-0.3, -0.25) is 0 Å². The summed E-state index contributed by atoms with van der Waals surface area (Å²) in [7, 11) is -7.15. The number of benzene rings is 2. The lowest BCUT2D eigenvalue weighted by Gasteiger charge is -2.12. The van der Waals surface area contributed by atoms with Gasteiger partial charge < -0.3 is 8.37 Å². The summed E-state index contributed by atoms with van der Waals surface area (Å²) in [4.78, 5) is 0. The summed E-state index contributed by atoms with van der Waals surface area (Å²) in [6, 6.07) is 9.94. The van der Waals surface area contributed by atoms with Crippen molar-refractivity contribution in [2.45, 2.75) is 13.8 Å². The van der Waals surface area contributed by atoms with Gasteiger partial charge in [0, 0.05) is 0 Å². The largest absolute Gasteiger partial charge is 0.383 e. The Morgan fingerprint density at radius 2 is 1.00 bits per heavy atom. The van der Waals surface area contributed by atoms with Gasteiger partial charge in [0.05, 0.1) is 12.5 Å². The number of rotatable bonds is 5. The van der Waals surface area contributed by atoms with Gasteiger partial charge in [0.25, 0.3) is 0 Å². The SMILES string of the molecule is Cc1cc(OS(C)(=O)=O)ccc1-c1ccc(OS(C)(=O)=O)cc1C. The third-order valence-corrected chi connectivity index (χ3v) is 4.17. The Labute approximate surface area is 142 Å². The van der Waals surface area contributed by atoms with E-state index < -0.39 is 20.2 Å². The maximum atomic E-state index is 11.2. The zero-order chi connectivity index (χ0) is 18.1. The molecule has 2 aromatic carbocycles. The molecule has 2 aromatic rings. The third kappa shape index (κ3) is 4.97. The molecule has 24 heavy (non-hydrogen) atoms. The molecule has 0 N–H and O–H groups in total. The van der Waals surface area contributed by atoms with Crippen molar-refractivity contribution in [3.63, 3.8) is 0 Å². The van der Waals surface area contributed by atoms with E-state index in [2.05, 4.69) is 0 Å². The summed E-state index contributed by atoms with van der Waals surface area (Å²) < 4.78 is 54.5. The predicted molar refractivity (Wildman–Crippen MR) is 92.3 cm³/mol. The van der Waals surface area contributed by atoms with Crippen LogP contribution < -0.4 is 8.37 Å². The molecule has 0 aromatic heterocycles. The molecular weight excluding hydrogens is 352 g/mol. The fraction of sp³-hybridized carbons (Fsp3) is 0.250. The van der Waals surface area contributed by atoms with Gasteiger partial charge in [-0.1, -0.05) is 12.1 Å². The van der Waals surface area contributed by atoms with Crippen LogP contribution in [0.4, 0.5) is 0 Å². The van der Waals surface area contributed by atoms with Crippen molar-refractivity contribution >= 4 is 20.2 Å². The van der Waals surface area contributed by atoms with Gasteiger partial charge >= 0.3 is 20.2 Å². The molecule has 0 aliphatic rings. The minimum atomic E-state index is -3.58. The van der Waals surface area contributed by atoms with Gasteiger partial charge in [-0.05, 0) is 60.4 Å². The van der Waals surface area contributed by atoms with Crippen LogP contribution in [0.1, 0.15) is 11.1 Å². The van der Waals surface area contributed by atoms with E-state index >= 15 is 0 Å². The molecule has 0 bridgehead atoms. The van der Waals surface area contributed by atoms with E-state index in [1.807, 2.05) is 13.8 Å². The van der Waals surface area contributed by atoms with Gasteiger partial charge in [0.1, 0.15) is 11.5 Å². The zero-order valence-electron chi connectivity index (χ0n) is 13.7. The number of hydrogen-bond acceptors (Lipinski definition) is 6. The molecule has 0 amide bonds. The maximum Gasteiger partial charge on any atom is 0.306 e. The molecule has 0 radical (unpaired) electrons. The average molecular weight is 370 g/mol. The van der Waals surface area contributed by atoms with Crippen LogP contribution in [0.3, 0.4) is 0 Å². The highest BCUT2D eigenvalue weighted by molar-refractivity contribution is 7.86. The van der Waals surface area contributed by atoms with Crippen molar-refractivity contribution in [3.8, 4) is 22.6 Å². The van der Waals surface area contributed by atoms with Gasteiger partial charge in [-0.2, -0.15) is 16.8 Å². The summed E-state index contributed by atoms with van der Waals surface area (Å²) in [5, 5.41) is 0. The first-order valence-electron chi connectivity index (χ1n) is 6.95. The van der Waals surface area contributed by atoms with Crippen LogP contribution in [0.15, 0.2) is 36.4 Å². The van der Waals surface area contributed by atoms with Gasteiger partial charge in [-0.15, -0.1) is 0 Å². The lowest BCUT2D eigenvalue weighted by atomic mass is 9.96. The van der Waals surface area contributed by atoms with E-state index in [1.54, 1.807) is 36.4 Å². The first-order chi connectivity index (χ1) is 10.9. The summed E-state index contributed by atoms with van der Waals surface area (Å²) in [6.07, 6.45) is 1.97. The Morgan fingerprint density at radius 3 is 1.25 bits per heavy atom. The fourth-order valence-electron chi connectivity index (χ4n) is 2.33. The van der Waals surface area contributed by atoms with E-state index in [-0.39, 0.29) is 11.5 Å². The Hall–Kier alpha value is -2.06. The Kier molecular flexibility index (Phi) is 4.91. The minimum absolute atomic E-state index is 0.244. The number of aryl methyl sites for hydroxylation is 2. The molecule has 0 aliphatic heterocycles. The van der Waals surface area contributed by atoms with Gasteiger partial charge in [-0.25, -0.2) is 0 Å². The molecule has 0 fully saturated rings. The molecule has 8 heteroatoms. The summed E-state index contributed by atoms with van der Waals surface area (Å²) in [5.41, 5.74) is 3.44. The third-order valence-electron chi connectivity index (χ3n) is 3.18. The monoisotopic (exact) mass is 370 g/mol. The standard InChI is InChI=1S/C16H18O6S2/c1-11-9-13(21-23(3,17)18)5-7-15(11)16-8-6-14(10-12(16)2)22-24(4,19)20/h5-10H,1-4H3. The topological polar surface area (TPSA) is 86.7 Å². The van der Waals surface area contributed by atoms with E-state index in [4.69, 9.17) is 8.37 Å². The van der Waals surface area contributed by atoms with E-state index in [1.165, 1.54) is 0 Å². The van der Waals surface area contributed by atoms with Crippen molar-refractivity contribution in [1.82, 2.24) is 0 Å². The fourth-order valence-corrected chi connectivity index (χ4v) is 3.24. The molecular formula is C16H18O6S2. The molecule has 0 saturated carbocycles. The second-order valence-corrected chi connectivity index (χ2v) is 8.68. The number of hydrogen-bond donors (Lipinski definition) is 0. The van der Waals surface area contributed by atoms with Gasteiger partial charge in [0.2, 0.25) is 0 Å². The maximum absolute atomic E-state index is 11.2. The van der Waals surface area contributed by atoms with Crippen LogP contribution in [0.2, 0.25) is 0 Å². The van der Waals surface area contributed by atoms with Crippen LogP contribution in [-0.2, 0) is 20.2 Å². The highest BCUT2D eigenvalue weighted by Crippen LogP contribution is 2.31. The highest BCUT2D eigenvalue weighted by atomic mass is 32.2. The molecule has 0 atom stereocenters. The van der Waals surface area contributed by atoms with Crippen molar-refractivity contribution in [1.29, 1.82) is 0 Å². The first-order valence-corrected chi connectivity index (χ1v) is 10.6. The summed E-state index contributed by atoms with van der Waals surface area (Å²) >= 11 is 0. The molecule has 0 saturated heterocycles. The Balaban J connectivity index is 2.38. The Morgan fingerprint density at radius 1 is 0.667 bits per heavy atom. The summed E-state index contributed by atoms with van der Waals surface area (Å²) in [6.45, 7) is 3.68. The van der Waals surface area contributed by atoms with E-state index in [9.17, 15) is 16.8 Å². The second kappa shape index (κ2) is 6.45. The lowest BCUT2D eigenvalue weighted by molar-refractivity contribution is 0.491. The van der Waals surface area contributed by atoms with Crippen LogP contribution in [0, 0.1) is 13.8 Å². The van der Waals surface area contributed by atoms with Gasteiger partial charge in [0.15, 0.2) is 0 Å². The van der Waals surface area contributed by atoms with Crippen LogP contribution in [0.25, 0.3) is 11.1 Å². The van der Waals surface area contributed by atoms with Crippen molar-refractivity contribution in [2.75, 3.05) is 12.5 Å². The molecule has 130 valence electrons. The molecule has 2 rings (SSSR count). The van der Waals surface area contributed by atoms with Crippen molar-refractivity contribution in [3.05, 3.63) is 47.5 Å². The Bertz CT molecular complexity index is 894. The van der Waals surface area contributed by atoms with E-state index in [0.717, 1.165) is 34.8 Å². The molecule has 0 unspecified atom stereocenters.